The van der Waals surface area contributed by atoms with Gasteiger partial charge in [0.25, 0.3) is 5.91 Å². The van der Waals surface area contributed by atoms with Gasteiger partial charge in [0.05, 0.1) is 5.69 Å². The molecule has 1 heterocycles. The maximum atomic E-state index is 14.8. The van der Waals surface area contributed by atoms with Crippen LogP contribution in [0.3, 0.4) is 0 Å². The molecule has 0 bridgehead atoms. The van der Waals surface area contributed by atoms with Gasteiger partial charge in [-0.2, -0.15) is 0 Å². The van der Waals surface area contributed by atoms with Crippen molar-refractivity contribution >= 4 is 40.1 Å². The minimum absolute atomic E-state index is 0. The summed E-state index contributed by atoms with van der Waals surface area (Å²) in [5.74, 6) is -6.30. The molecule has 0 fully saturated rings. The Morgan fingerprint density at radius 2 is 1.61 bits per heavy atom. The third-order valence-corrected chi connectivity index (χ3v) is 5.29. The molecular formula is C25H16F4N5O3Y-. The van der Waals surface area contributed by atoms with E-state index in [2.05, 4.69) is 4.98 Å². The second kappa shape index (κ2) is 11.8. The van der Waals surface area contributed by atoms with Crippen LogP contribution in [0.4, 0.5) is 33.9 Å². The summed E-state index contributed by atoms with van der Waals surface area (Å²) in [6.45, 7) is -0.691. The number of fused-ring (bicyclic) bond motifs is 1. The zero-order valence-electron chi connectivity index (χ0n) is 19.3. The topological polar surface area (TPSA) is 129 Å². The Kier molecular flexibility index (Phi) is 8.92. The van der Waals surface area contributed by atoms with Crippen LogP contribution >= 0.6 is 0 Å². The number of carbonyl (C=O) groups is 3. The van der Waals surface area contributed by atoms with E-state index < -0.39 is 59.2 Å². The van der Waals surface area contributed by atoms with Crippen molar-refractivity contribution in [1.82, 2.24) is 10.3 Å². The fourth-order valence-electron chi connectivity index (χ4n) is 3.67. The van der Waals surface area contributed by atoms with Crippen LogP contribution in [0.5, 0.6) is 0 Å². The minimum Gasteiger partial charge on any atom is -0.670 e. The van der Waals surface area contributed by atoms with E-state index in [4.69, 9.17) is 11.5 Å². The molecule has 4 aromatic rings. The number of hydrogen-bond acceptors (Lipinski definition) is 4. The van der Waals surface area contributed by atoms with E-state index in [1.807, 2.05) is 5.32 Å². The fraction of sp³-hybridized carbons (Fsp3) is 0.0400. The number of benzene rings is 3. The van der Waals surface area contributed by atoms with Crippen molar-refractivity contribution in [2.24, 2.45) is 5.73 Å². The van der Waals surface area contributed by atoms with Gasteiger partial charge < -0.3 is 11.5 Å². The van der Waals surface area contributed by atoms with E-state index in [0.717, 1.165) is 30.3 Å². The van der Waals surface area contributed by atoms with Crippen LogP contribution in [0.15, 0.2) is 60.7 Å². The second-order valence-corrected chi connectivity index (χ2v) is 7.69. The van der Waals surface area contributed by atoms with Crippen LogP contribution in [-0.2, 0) is 37.5 Å². The minimum atomic E-state index is -1.32. The second-order valence-electron chi connectivity index (χ2n) is 7.69. The number of nitrogens with one attached hydrogen (secondary N) is 2. The number of para-hydroxylation sites is 1. The van der Waals surface area contributed by atoms with Gasteiger partial charge in [-0.3, -0.25) is 14.9 Å². The van der Waals surface area contributed by atoms with Crippen LogP contribution in [0.1, 0.15) is 10.4 Å². The third-order valence-electron chi connectivity index (χ3n) is 5.29. The molecule has 0 aliphatic rings. The Bertz CT molecular complexity index is 1560. The van der Waals surface area contributed by atoms with Gasteiger partial charge in [-0.15, -0.1) is 0 Å². The summed E-state index contributed by atoms with van der Waals surface area (Å²) >= 11 is 0. The maximum Gasteiger partial charge on any atom is 0.325 e. The normalized spacial score (nSPS) is 10.6. The Labute approximate surface area is 237 Å². The van der Waals surface area contributed by atoms with Gasteiger partial charge in [-0.05, 0) is 47.9 Å². The van der Waals surface area contributed by atoms with Crippen molar-refractivity contribution < 1.29 is 64.7 Å². The van der Waals surface area contributed by atoms with Crippen molar-refractivity contribution in [3.05, 3.63) is 95.2 Å². The van der Waals surface area contributed by atoms with Crippen LogP contribution < -0.4 is 16.0 Å². The predicted octanol–water partition coefficient (Wildman–Crippen LogP) is 4.98. The Morgan fingerprint density at radius 3 is 2.21 bits per heavy atom. The van der Waals surface area contributed by atoms with Crippen molar-refractivity contribution in [3.63, 3.8) is 0 Å². The number of imide groups is 1. The largest absolute Gasteiger partial charge is 0.670 e. The maximum absolute atomic E-state index is 14.8. The summed E-state index contributed by atoms with van der Waals surface area (Å²) in [6, 6.07) is 9.29. The van der Waals surface area contributed by atoms with Gasteiger partial charge in [0.15, 0.2) is 0 Å². The number of pyridine rings is 1. The number of aromatic nitrogens is 1. The number of halogens is 4. The van der Waals surface area contributed by atoms with E-state index in [0.29, 0.717) is 11.0 Å². The molecular weight excluding hydrogens is 583 g/mol. The summed E-state index contributed by atoms with van der Waals surface area (Å²) in [5, 5.41) is 2.36. The standard InChI is InChI=1S/C25H16F4N5O3.Y/c26-14-5-7-16(19(29)10-14)22-15-6-4-12(24(36)33-21(35)11-30)8-13(15)9-20(32-22)34(25(31)37)23-17(27)2-1-3-18(23)28;/h1-10,30H,11H2,(H2,31,37)(H,33,35,36);/q-1;. The Balaban J connectivity index is 0.00000400. The monoisotopic (exact) mass is 599 g/mol. The van der Waals surface area contributed by atoms with Gasteiger partial charge >= 0.3 is 6.03 Å². The number of anilines is 2. The van der Waals surface area contributed by atoms with Crippen molar-refractivity contribution in [2.75, 3.05) is 11.4 Å². The molecule has 4 rings (SSSR count). The molecule has 0 aliphatic carbocycles. The number of primary amides is 1. The number of rotatable bonds is 5. The first-order valence-electron chi connectivity index (χ1n) is 10.5. The molecule has 38 heavy (non-hydrogen) atoms. The molecule has 0 atom stereocenters. The van der Waals surface area contributed by atoms with Crippen LogP contribution in [0, 0.1) is 23.3 Å². The molecule has 191 valence electrons. The molecule has 0 saturated heterocycles. The summed E-state index contributed by atoms with van der Waals surface area (Å²) in [7, 11) is 0. The Hall–Kier alpha value is -3.74. The number of amides is 4. The molecule has 0 aliphatic heterocycles. The number of urea groups is 1. The van der Waals surface area contributed by atoms with Crippen molar-refractivity contribution in [1.29, 1.82) is 0 Å². The third kappa shape index (κ3) is 5.72. The Morgan fingerprint density at radius 1 is 0.921 bits per heavy atom. The summed E-state index contributed by atoms with van der Waals surface area (Å²) in [6.07, 6.45) is 0. The van der Waals surface area contributed by atoms with E-state index in [1.54, 1.807) is 0 Å². The van der Waals surface area contributed by atoms with E-state index in [1.165, 1.54) is 24.3 Å². The van der Waals surface area contributed by atoms with E-state index in [9.17, 15) is 31.9 Å². The van der Waals surface area contributed by atoms with Crippen LogP contribution in [0.2, 0.25) is 0 Å². The summed E-state index contributed by atoms with van der Waals surface area (Å²) < 4.78 is 57.5. The number of nitrogens with zero attached hydrogens (tertiary/aromatic N) is 2. The van der Waals surface area contributed by atoms with Gasteiger partial charge in [0, 0.05) is 55.3 Å². The molecule has 13 heteroatoms. The molecule has 4 N–H and O–H groups in total. The SMILES string of the molecule is [NH-]CC(=O)NC(=O)c1ccc2c(-c3ccc(F)cc3F)nc(N(C(N)=O)c3c(F)cccc3F)cc2c1.[Y]. The van der Waals surface area contributed by atoms with Gasteiger partial charge in [-0.1, -0.05) is 18.7 Å². The summed E-state index contributed by atoms with van der Waals surface area (Å²) in [4.78, 5) is 40.9. The molecule has 3 aromatic carbocycles. The van der Waals surface area contributed by atoms with Gasteiger partial charge in [-0.25, -0.2) is 32.2 Å². The zero-order valence-corrected chi connectivity index (χ0v) is 22.1. The average molecular weight is 599 g/mol. The molecule has 8 nitrogen and oxygen atoms in total. The number of nitrogens with two attached hydrogens (primary N) is 1. The molecule has 4 amide bonds. The predicted molar refractivity (Wildman–Crippen MR) is 127 cm³/mol. The number of hydrogen-bond donors (Lipinski definition) is 2. The first-order valence-corrected chi connectivity index (χ1v) is 10.5. The van der Waals surface area contributed by atoms with E-state index >= 15 is 0 Å². The van der Waals surface area contributed by atoms with Crippen LogP contribution in [0.25, 0.3) is 27.8 Å². The average Bonchev–Trinajstić information content (AvgIpc) is 2.85. The first kappa shape index (κ1) is 28.8. The van der Waals surface area contributed by atoms with E-state index in [-0.39, 0.29) is 60.3 Å². The first-order chi connectivity index (χ1) is 17.6. The molecule has 0 unspecified atom stereocenters. The van der Waals surface area contributed by atoms with Crippen molar-refractivity contribution in [2.45, 2.75) is 0 Å². The molecule has 1 radical (unpaired) electrons. The number of carbonyl (C=O) groups excluding carboxylic acids is 3. The van der Waals surface area contributed by atoms with Gasteiger partial charge in [0.2, 0.25) is 5.91 Å². The van der Waals surface area contributed by atoms with Crippen LogP contribution in [-0.4, -0.2) is 29.4 Å². The quantitative estimate of drug-likeness (QED) is 0.314. The molecule has 0 saturated carbocycles. The van der Waals surface area contributed by atoms with Gasteiger partial charge in [0.1, 0.15) is 34.8 Å². The van der Waals surface area contributed by atoms with Crippen molar-refractivity contribution in [3.8, 4) is 11.3 Å². The molecule has 0 spiro atoms. The molecule has 1 aromatic heterocycles. The summed E-state index contributed by atoms with van der Waals surface area (Å²) in [5.41, 5.74) is 11.2. The zero-order chi connectivity index (χ0) is 26.9. The fourth-order valence-corrected chi connectivity index (χ4v) is 3.67. The smallest absolute Gasteiger partial charge is 0.325 e.